The molecule has 0 radical (unpaired) electrons. The zero-order chi connectivity index (χ0) is 17.4. The second-order valence-electron chi connectivity index (χ2n) is 6.27. The minimum atomic E-state index is -0.342. The maximum atomic E-state index is 13.0. The number of anilines is 2. The standard InChI is InChI=1S/C18H18ClFN4O/c19-14-1-3-16-13(11-14)5-6-24(16)18(25)23-9-7-22(8-10-23)17-4-2-15(20)12-21-17/h1-4,11-12H,5-10H2. The van der Waals surface area contributed by atoms with E-state index in [2.05, 4.69) is 9.88 Å². The van der Waals surface area contributed by atoms with Gasteiger partial charge in [0.1, 0.15) is 11.6 Å². The van der Waals surface area contributed by atoms with Gasteiger partial charge in [0.05, 0.1) is 6.20 Å². The SMILES string of the molecule is O=C(N1CCN(c2ccc(F)cn2)CC1)N1CCc2cc(Cl)ccc21. The van der Waals surface area contributed by atoms with E-state index in [1.807, 2.05) is 28.0 Å². The summed E-state index contributed by atoms with van der Waals surface area (Å²) in [5.41, 5.74) is 2.08. The monoisotopic (exact) mass is 360 g/mol. The largest absolute Gasteiger partial charge is 0.353 e. The summed E-state index contributed by atoms with van der Waals surface area (Å²) in [4.78, 5) is 22.7. The van der Waals surface area contributed by atoms with Crippen LogP contribution < -0.4 is 9.80 Å². The fourth-order valence-corrected chi connectivity index (χ4v) is 3.62. The molecule has 25 heavy (non-hydrogen) atoms. The van der Waals surface area contributed by atoms with Crippen molar-refractivity contribution in [2.75, 3.05) is 42.5 Å². The van der Waals surface area contributed by atoms with E-state index in [0.29, 0.717) is 37.7 Å². The van der Waals surface area contributed by atoms with Crippen LogP contribution in [0.15, 0.2) is 36.5 Å². The predicted octanol–water partition coefficient (Wildman–Crippen LogP) is 3.18. The lowest BCUT2D eigenvalue weighted by Crippen LogP contribution is -2.53. The van der Waals surface area contributed by atoms with Crippen LogP contribution in [0.25, 0.3) is 0 Å². The van der Waals surface area contributed by atoms with Crippen LogP contribution in [-0.4, -0.2) is 48.6 Å². The zero-order valence-corrected chi connectivity index (χ0v) is 14.4. The van der Waals surface area contributed by atoms with Crippen LogP contribution in [0.4, 0.5) is 20.7 Å². The maximum absolute atomic E-state index is 13.0. The van der Waals surface area contributed by atoms with Crippen molar-refractivity contribution in [3.63, 3.8) is 0 Å². The highest BCUT2D eigenvalue weighted by Gasteiger charge is 2.30. The molecule has 2 amide bonds. The summed E-state index contributed by atoms with van der Waals surface area (Å²) in [5.74, 6) is 0.403. The second kappa shape index (κ2) is 6.52. The first-order valence-corrected chi connectivity index (χ1v) is 8.71. The van der Waals surface area contributed by atoms with Crippen LogP contribution >= 0.6 is 11.6 Å². The van der Waals surface area contributed by atoms with Gasteiger partial charge < -0.3 is 9.80 Å². The summed E-state index contributed by atoms with van der Waals surface area (Å²) in [5, 5.41) is 0.702. The van der Waals surface area contributed by atoms with E-state index in [4.69, 9.17) is 11.6 Å². The highest BCUT2D eigenvalue weighted by Crippen LogP contribution is 2.31. The topological polar surface area (TPSA) is 39.7 Å². The summed E-state index contributed by atoms with van der Waals surface area (Å²) in [6, 6.07) is 8.79. The third-order valence-corrected chi connectivity index (χ3v) is 4.99. The minimum Gasteiger partial charge on any atom is -0.353 e. The van der Waals surface area contributed by atoms with Crippen molar-refractivity contribution in [1.29, 1.82) is 0 Å². The lowest BCUT2D eigenvalue weighted by atomic mass is 10.2. The number of rotatable bonds is 1. The Morgan fingerprint density at radius 1 is 1.08 bits per heavy atom. The molecular formula is C18H18ClFN4O. The number of carbonyl (C=O) groups excluding carboxylic acids is 1. The van der Waals surface area contributed by atoms with Crippen LogP contribution in [0.2, 0.25) is 5.02 Å². The molecule has 5 nitrogen and oxygen atoms in total. The Hall–Kier alpha value is -2.34. The van der Waals surface area contributed by atoms with E-state index in [1.165, 1.54) is 12.3 Å². The van der Waals surface area contributed by atoms with Gasteiger partial charge in [-0.25, -0.2) is 14.2 Å². The van der Waals surface area contributed by atoms with Crippen LogP contribution in [0, 0.1) is 5.82 Å². The molecule has 0 unspecified atom stereocenters. The van der Waals surface area contributed by atoms with E-state index in [1.54, 1.807) is 6.07 Å². The molecule has 2 aliphatic rings. The Morgan fingerprint density at radius 3 is 2.60 bits per heavy atom. The van der Waals surface area contributed by atoms with Crippen LogP contribution in [-0.2, 0) is 6.42 Å². The summed E-state index contributed by atoms with van der Waals surface area (Å²) < 4.78 is 13.0. The molecule has 3 heterocycles. The Labute approximate surface area is 150 Å². The number of nitrogens with zero attached hydrogens (tertiary/aromatic N) is 4. The van der Waals surface area contributed by atoms with Crippen molar-refractivity contribution >= 4 is 29.1 Å². The van der Waals surface area contributed by atoms with Crippen LogP contribution in [0.3, 0.4) is 0 Å². The lowest BCUT2D eigenvalue weighted by Gasteiger charge is -2.37. The van der Waals surface area contributed by atoms with Crippen LogP contribution in [0.5, 0.6) is 0 Å². The molecule has 0 atom stereocenters. The number of halogens is 2. The van der Waals surface area contributed by atoms with E-state index in [0.717, 1.165) is 23.5 Å². The van der Waals surface area contributed by atoms with Crippen molar-refractivity contribution in [3.05, 3.63) is 52.9 Å². The van der Waals surface area contributed by atoms with Gasteiger partial charge in [-0.3, -0.25) is 4.90 Å². The van der Waals surface area contributed by atoms with E-state index in [9.17, 15) is 9.18 Å². The summed E-state index contributed by atoms with van der Waals surface area (Å²) in [7, 11) is 0. The lowest BCUT2D eigenvalue weighted by molar-refractivity contribution is 0.201. The third-order valence-electron chi connectivity index (χ3n) is 4.75. The van der Waals surface area contributed by atoms with Gasteiger partial charge in [-0.05, 0) is 42.3 Å². The van der Waals surface area contributed by atoms with Crippen LogP contribution in [0.1, 0.15) is 5.56 Å². The van der Waals surface area contributed by atoms with Gasteiger partial charge >= 0.3 is 6.03 Å². The van der Waals surface area contributed by atoms with Crippen molar-refractivity contribution < 1.29 is 9.18 Å². The molecule has 2 aliphatic heterocycles. The highest BCUT2D eigenvalue weighted by atomic mass is 35.5. The number of hydrogen-bond acceptors (Lipinski definition) is 3. The summed E-state index contributed by atoms with van der Waals surface area (Å²) in [6.45, 7) is 3.31. The van der Waals surface area contributed by atoms with Gasteiger partial charge in [0.15, 0.2) is 0 Å². The van der Waals surface area contributed by atoms with E-state index >= 15 is 0 Å². The third kappa shape index (κ3) is 3.14. The molecule has 0 bridgehead atoms. The molecule has 130 valence electrons. The average molecular weight is 361 g/mol. The van der Waals surface area contributed by atoms with E-state index < -0.39 is 0 Å². The second-order valence-corrected chi connectivity index (χ2v) is 6.70. The predicted molar refractivity (Wildman–Crippen MR) is 95.9 cm³/mol. The number of carbonyl (C=O) groups is 1. The fraction of sp³-hybridized carbons (Fsp3) is 0.333. The number of fused-ring (bicyclic) bond motifs is 1. The molecule has 2 aromatic rings. The van der Waals surface area contributed by atoms with Gasteiger partial charge in [-0.15, -0.1) is 0 Å². The zero-order valence-electron chi connectivity index (χ0n) is 13.7. The van der Waals surface area contributed by atoms with Crippen molar-refractivity contribution in [3.8, 4) is 0 Å². The Kier molecular flexibility index (Phi) is 4.21. The number of piperazine rings is 1. The number of amides is 2. The molecule has 4 rings (SSSR count). The highest BCUT2D eigenvalue weighted by molar-refractivity contribution is 6.30. The van der Waals surface area contributed by atoms with E-state index in [-0.39, 0.29) is 11.8 Å². The molecule has 0 saturated carbocycles. The first kappa shape index (κ1) is 16.1. The molecule has 1 fully saturated rings. The number of hydrogen-bond donors (Lipinski definition) is 0. The first-order valence-electron chi connectivity index (χ1n) is 8.33. The number of benzene rings is 1. The normalized spacial score (nSPS) is 17.0. The molecule has 0 N–H and O–H groups in total. The fourth-order valence-electron chi connectivity index (χ4n) is 3.42. The molecule has 1 saturated heterocycles. The minimum absolute atomic E-state index is 0.0350. The van der Waals surface area contributed by atoms with Gasteiger partial charge in [-0.1, -0.05) is 11.6 Å². The van der Waals surface area contributed by atoms with Gasteiger partial charge in [-0.2, -0.15) is 0 Å². The van der Waals surface area contributed by atoms with Crippen molar-refractivity contribution in [2.24, 2.45) is 0 Å². The molecular weight excluding hydrogens is 343 g/mol. The molecule has 7 heteroatoms. The Morgan fingerprint density at radius 2 is 1.88 bits per heavy atom. The molecule has 1 aromatic carbocycles. The number of pyridine rings is 1. The quantitative estimate of drug-likeness (QED) is 0.784. The van der Waals surface area contributed by atoms with Gasteiger partial charge in [0.2, 0.25) is 0 Å². The molecule has 0 aliphatic carbocycles. The molecule has 0 spiro atoms. The Bertz CT molecular complexity index is 790. The molecule has 1 aromatic heterocycles. The van der Waals surface area contributed by atoms with Crippen molar-refractivity contribution in [2.45, 2.75) is 6.42 Å². The van der Waals surface area contributed by atoms with Gasteiger partial charge in [0.25, 0.3) is 0 Å². The number of aromatic nitrogens is 1. The van der Waals surface area contributed by atoms with Crippen molar-refractivity contribution in [1.82, 2.24) is 9.88 Å². The summed E-state index contributed by atoms with van der Waals surface area (Å²) >= 11 is 6.03. The smallest absolute Gasteiger partial charge is 0.324 e. The average Bonchev–Trinajstić information content (AvgIpc) is 3.05. The Balaban J connectivity index is 1.41. The maximum Gasteiger partial charge on any atom is 0.324 e. The number of urea groups is 1. The van der Waals surface area contributed by atoms with Gasteiger partial charge in [0, 0.05) is 43.4 Å². The first-order chi connectivity index (χ1) is 12.1. The summed E-state index contributed by atoms with van der Waals surface area (Å²) in [6.07, 6.45) is 2.06.